The minimum atomic E-state index is -0.554. The fourth-order valence-electron chi connectivity index (χ4n) is 2.03. The molecule has 0 saturated carbocycles. The van der Waals surface area contributed by atoms with Crippen molar-refractivity contribution >= 4 is 5.91 Å². The van der Waals surface area contributed by atoms with Gasteiger partial charge in [0.25, 0.3) is 0 Å². The van der Waals surface area contributed by atoms with E-state index < -0.39 is 6.10 Å². The molecule has 0 aromatic heterocycles. The van der Waals surface area contributed by atoms with E-state index in [4.69, 9.17) is 5.11 Å². The van der Waals surface area contributed by atoms with Crippen molar-refractivity contribution < 1.29 is 15.0 Å². The van der Waals surface area contributed by atoms with Gasteiger partial charge in [0.05, 0.1) is 19.1 Å². The first-order chi connectivity index (χ1) is 9.10. The second kappa shape index (κ2) is 12.4. The zero-order valence-electron chi connectivity index (χ0n) is 12.5. The molecular weight excluding hydrogens is 242 g/mol. The van der Waals surface area contributed by atoms with Crippen molar-refractivity contribution in [2.24, 2.45) is 0 Å². The number of aliphatic hydroxyl groups excluding tert-OH is 2. The molecule has 0 aliphatic rings. The van der Waals surface area contributed by atoms with Crippen LogP contribution in [-0.2, 0) is 4.79 Å². The Morgan fingerprint density at radius 2 is 1.68 bits per heavy atom. The first kappa shape index (κ1) is 18.4. The topological polar surface area (TPSA) is 69.6 Å². The van der Waals surface area contributed by atoms with Gasteiger partial charge in [0.1, 0.15) is 0 Å². The Morgan fingerprint density at radius 1 is 1.11 bits per heavy atom. The molecule has 0 aromatic rings. The highest BCUT2D eigenvalue weighted by molar-refractivity contribution is 5.76. The van der Waals surface area contributed by atoms with Crippen LogP contribution in [0.15, 0.2) is 0 Å². The lowest BCUT2D eigenvalue weighted by atomic mass is 10.0. The van der Waals surface area contributed by atoms with Gasteiger partial charge in [-0.15, -0.1) is 0 Å². The van der Waals surface area contributed by atoms with Gasteiger partial charge in [-0.25, -0.2) is 0 Å². The molecule has 0 bridgehead atoms. The van der Waals surface area contributed by atoms with E-state index >= 15 is 0 Å². The number of hydrogen-bond donors (Lipinski definition) is 3. The molecule has 0 heterocycles. The molecule has 3 N–H and O–H groups in total. The molecule has 1 amide bonds. The van der Waals surface area contributed by atoms with E-state index in [0.717, 1.165) is 12.8 Å². The van der Waals surface area contributed by atoms with Crippen LogP contribution in [0.1, 0.15) is 71.6 Å². The minimum absolute atomic E-state index is 0.0698. The lowest BCUT2D eigenvalue weighted by molar-refractivity contribution is -0.123. The molecule has 0 saturated heterocycles. The lowest BCUT2D eigenvalue weighted by Gasteiger charge is -2.13. The van der Waals surface area contributed by atoms with Gasteiger partial charge in [-0.3, -0.25) is 4.79 Å². The third kappa shape index (κ3) is 12.2. The zero-order valence-corrected chi connectivity index (χ0v) is 12.5. The number of unbranched alkanes of at least 4 members (excludes halogenated alkanes) is 6. The predicted molar refractivity (Wildman–Crippen MR) is 77.9 cm³/mol. The van der Waals surface area contributed by atoms with Crippen LogP contribution in [0.5, 0.6) is 0 Å². The molecule has 2 atom stereocenters. The molecule has 0 rings (SSSR count). The van der Waals surface area contributed by atoms with E-state index in [9.17, 15) is 9.90 Å². The first-order valence-corrected chi connectivity index (χ1v) is 7.68. The van der Waals surface area contributed by atoms with Gasteiger partial charge in [0.15, 0.2) is 0 Å². The number of carbonyl (C=O) groups excluding carboxylic acids is 1. The molecule has 0 spiro atoms. The molecule has 0 radical (unpaired) electrons. The van der Waals surface area contributed by atoms with Crippen LogP contribution in [0.3, 0.4) is 0 Å². The summed E-state index contributed by atoms with van der Waals surface area (Å²) in [7, 11) is 0. The molecule has 4 heteroatoms. The van der Waals surface area contributed by atoms with E-state index in [0.29, 0.717) is 6.42 Å². The Hall–Kier alpha value is -0.610. The maximum Gasteiger partial charge on any atom is 0.222 e. The summed E-state index contributed by atoms with van der Waals surface area (Å²) in [6.07, 6.45) is 8.77. The molecule has 114 valence electrons. The quantitative estimate of drug-likeness (QED) is 0.478. The first-order valence-electron chi connectivity index (χ1n) is 7.68. The average Bonchev–Trinajstić information content (AvgIpc) is 2.37. The van der Waals surface area contributed by atoms with E-state index in [1.165, 1.54) is 32.1 Å². The third-order valence-electron chi connectivity index (χ3n) is 3.24. The van der Waals surface area contributed by atoms with Crippen molar-refractivity contribution in [3.63, 3.8) is 0 Å². The summed E-state index contributed by atoms with van der Waals surface area (Å²) in [5.41, 5.74) is 0. The number of rotatable bonds is 12. The van der Waals surface area contributed by atoms with Crippen molar-refractivity contribution in [1.29, 1.82) is 0 Å². The van der Waals surface area contributed by atoms with Gasteiger partial charge in [-0.05, 0) is 13.3 Å². The maximum absolute atomic E-state index is 11.4. The second-order valence-electron chi connectivity index (χ2n) is 5.42. The number of carbonyl (C=O) groups is 1. The van der Waals surface area contributed by atoms with Gasteiger partial charge >= 0.3 is 0 Å². The van der Waals surface area contributed by atoms with Crippen LogP contribution >= 0.6 is 0 Å². The number of hydrogen-bond acceptors (Lipinski definition) is 3. The Balaban J connectivity index is 3.43. The Bertz CT molecular complexity index is 221. The average molecular weight is 273 g/mol. The predicted octanol–water partition coefficient (Wildman–Crippen LogP) is 2.38. The fraction of sp³-hybridized carbons (Fsp3) is 0.933. The molecule has 0 aliphatic carbocycles. The summed E-state index contributed by atoms with van der Waals surface area (Å²) in [5.74, 6) is -0.183. The summed E-state index contributed by atoms with van der Waals surface area (Å²) in [6, 6.07) is -0.238. The molecule has 0 unspecified atom stereocenters. The molecule has 0 fully saturated rings. The summed E-state index contributed by atoms with van der Waals surface area (Å²) >= 11 is 0. The molecular formula is C15H31NO3. The Labute approximate surface area is 117 Å². The van der Waals surface area contributed by atoms with E-state index in [1.54, 1.807) is 6.92 Å². The third-order valence-corrected chi connectivity index (χ3v) is 3.24. The Morgan fingerprint density at radius 3 is 2.26 bits per heavy atom. The van der Waals surface area contributed by atoms with Crippen molar-refractivity contribution in [3.8, 4) is 0 Å². The van der Waals surface area contributed by atoms with E-state index in [-0.39, 0.29) is 25.0 Å². The maximum atomic E-state index is 11.4. The van der Waals surface area contributed by atoms with Crippen molar-refractivity contribution in [1.82, 2.24) is 5.32 Å². The van der Waals surface area contributed by atoms with Gasteiger partial charge in [0, 0.05) is 6.04 Å². The molecule has 19 heavy (non-hydrogen) atoms. The number of nitrogens with one attached hydrogen (secondary N) is 1. The summed E-state index contributed by atoms with van der Waals surface area (Å²) < 4.78 is 0. The number of amides is 1. The zero-order chi connectivity index (χ0) is 14.5. The highest BCUT2D eigenvalue weighted by Crippen LogP contribution is 2.11. The monoisotopic (exact) mass is 273 g/mol. The summed E-state index contributed by atoms with van der Waals surface area (Å²) in [5, 5.41) is 21.2. The second-order valence-corrected chi connectivity index (χ2v) is 5.42. The molecule has 4 nitrogen and oxygen atoms in total. The minimum Gasteiger partial charge on any atom is -0.394 e. The van der Waals surface area contributed by atoms with Crippen LogP contribution in [0.25, 0.3) is 0 Å². The van der Waals surface area contributed by atoms with Crippen molar-refractivity contribution in [2.45, 2.75) is 83.8 Å². The normalized spacial score (nSPS) is 14.1. The highest BCUT2D eigenvalue weighted by Gasteiger charge is 2.12. The lowest BCUT2D eigenvalue weighted by Crippen LogP contribution is -2.36. The van der Waals surface area contributed by atoms with Crippen molar-refractivity contribution in [3.05, 3.63) is 0 Å². The van der Waals surface area contributed by atoms with Crippen molar-refractivity contribution in [2.75, 3.05) is 6.61 Å². The Kier molecular flexibility index (Phi) is 12.0. The summed E-state index contributed by atoms with van der Waals surface area (Å²) in [6.45, 7) is 3.87. The molecule has 0 aromatic carbocycles. The van der Waals surface area contributed by atoms with E-state index in [1.807, 2.05) is 0 Å². The summed E-state index contributed by atoms with van der Waals surface area (Å²) in [4.78, 5) is 11.4. The standard InChI is InChI=1S/C15H31NO3/c1-3-4-5-6-7-8-9-10-14(18)11-15(19)16-13(2)12-17/h13-14,17-18H,3-12H2,1-2H3,(H,16,19)/t13-,14+/m0/s1. The highest BCUT2D eigenvalue weighted by atomic mass is 16.3. The smallest absolute Gasteiger partial charge is 0.222 e. The van der Waals surface area contributed by atoms with Gasteiger partial charge < -0.3 is 15.5 Å². The van der Waals surface area contributed by atoms with Crippen LogP contribution < -0.4 is 5.32 Å². The van der Waals surface area contributed by atoms with Gasteiger partial charge in [-0.2, -0.15) is 0 Å². The largest absolute Gasteiger partial charge is 0.394 e. The fourth-order valence-corrected chi connectivity index (χ4v) is 2.03. The van der Waals surface area contributed by atoms with Crippen LogP contribution in [0, 0.1) is 0 Å². The molecule has 0 aliphatic heterocycles. The number of aliphatic hydroxyl groups is 2. The van der Waals surface area contributed by atoms with E-state index in [2.05, 4.69) is 12.2 Å². The van der Waals surface area contributed by atoms with Gasteiger partial charge in [-0.1, -0.05) is 51.9 Å². The van der Waals surface area contributed by atoms with Gasteiger partial charge in [0.2, 0.25) is 5.91 Å². The SMILES string of the molecule is CCCCCCCCC[C@@H](O)CC(=O)N[C@@H](C)CO. The van der Waals surface area contributed by atoms with Crippen LogP contribution in [-0.4, -0.2) is 34.9 Å². The van der Waals surface area contributed by atoms with Crippen LogP contribution in [0.4, 0.5) is 0 Å². The van der Waals surface area contributed by atoms with Crippen LogP contribution in [0.2, 0.25) is 0 Å².